The van der Waals surface area contributed by atoms with Gasteiger partial charge in [0.25, 0.3) is 0 Å². The van der Waals surface area contributed by atoms with Gasteiger partial charge in [0.15, 0.2) is 0 Å². The summed E-state index contributed by atoms with van der Waals surface area (Å²) in [4.78, 5) is 11.9. The quantitative estimate of drug-likeness (QED) is 0.616. The lowest BCUT2D eigenvalue weighted by Crippen LogP contribution is -2.33. The molecular formula is C18H29ClN2O3S2. The van der Waals surface area contributed by atoms with Crippen molar-refractivity contribution in [1.82, 2.24) is 5.32 Å². The third-order valence-corrected chi connectivity index (χ3v) is 6.50. The van der Waals surface area contributed by atoms with Crippen LogP contribution in [0.4, 0.5) is 5.69 Å². The maximum Gasteiger partial charge on any atom is 0.232 e. The number of anilines is 1. The number of sulfonamides is 1. The normalized spacial score (nSPS) is 12.1. The Bertz CT molecular complexity index is 716. The number of halogens is 1. The molecule has 0 saturated heterocycles. The Hall–Kier alpha value is -0.920. The summed E-state index contributed by atoms with van der Waals surface area (Å²) in [5.74, 6) is 0.794. The van der Waals surface area contributed by atoms with Gasteiger partial charge in [-0.1, -0.05) is 38.4 Å². The SMILES string of the molecule is Cc1c(Cl)cccc1N(CCCC(=O)NCCSC(C)(C)C)S(C)(=O)=O. The van der Waals surface area contributed by atoms with E-state index in [4.69, 9.17) is 11.6 Å². The molecule has 0 heterocycles. The van der Waals surface area contributed by atoms with Crippen molar-refractivity contribution >= 4 is 45.0 Å². The van der Waals surface area contributed by atoms with Gasteiger partial charge in [-0.15, -0.1) is 0 Å². The van der Waals surface area contributed by atoms with Gasteiger partial charge in [-0.3, -0.25) is 9.10 Å². The predicted octanol–water partition coefficient (Wildman–Crippen LogP) is 3.84. The van der Waals surface area contributed by atoms with Crippen molar-refractivity contribution in [2.75, 3.05) is 29.4 Å². The molecule has 0 aromatic heterocycles. The first-order valence-corrected chi connectivity index (χ1v) is 11.8. The highest BCUT2D eigenvalue weighted by atomic mass is 35.5. The summed E-state index contributed by atoms with van der Waals surface area (Å²) in [6.07, 6.45) is 1.89. The molecule has 0 saturated carbocycles. The van der Waals surface area contributed by atoms with Gasteiger partial charge in [-0.05, 0) is 31.0 Å². The summed E-state index contributed by atoms with van der Waals surface area (Å²) in [5, 5.41) is 3.40. The Morgan fingerprint density at radius 2 is 1.96 bits per heavy atom. The number of amides is 1. The van der Waals surface area contributed by atoms with Gasteiger partial charge in [0, 0.05) is 35.0 Å². The smallest absolute Gasteiger partial charge is 0.232 e. The summed E-state index contributed by atoms with van der Waals surface area (Å²) in [5.41, 5.74) is 1.27. The maximum absolute atomic E-state index is 12.2. The third-order valence-electron chi connectivity index (χ3n) is 3.63. The van der Waals surface area contributed by atoms with Crippen molar-refractivity contribution in [2.24, 2.45) is 0 Å². The first-order valence-electron chi connectivity index (χ1n) is 8.55. The zero-order valence-corrected chi connectivity index (χ0v) is 18.5. The molecule has 1 rings (SSSR count). The standard InChI is InChI=1S/C18H29ClN2O3S2/c1-14-15(19)8-6-9-16(14)21(26(5,23)24)12-7-10-17(22)20-11-13-25-18(2,3)4/h6,8-9H,7,10-13H2,1-5H3,(H,20,22). The Morgan fingerprint density at radius 1 is 1.31 bits per heavy atom. The van der Waals surface area contributed by atoms with Crippen molar-refractivity contribution in [3.63, 3.8) is 0 Å². The van der Waals surface area contributed by atoms with E-state index in [0.29, 0.717) is 29.2 Å². The number of rotatable bonds is 9. The number of hydrogen-bond donors (Lipinski definition) is 1. The molecule has 1 N–H and O–H groups in total. The Labute approximate surface area is 166 Å². The maximum atomic E-state index is 12.2. The molecule has 5 nitrogen and oxygen atoms in total. The Kier molecular flexibility index (Phi) is 8.76. The highest BCUT2D eigenvalue weighted by molar-refractivity contribution is 8.00. The summed E-state index contributed by atoms with van der Waals surface area (Å²) in [6.45, 7) is 9.05. The van der Waals surface area contributed by atoms with Crippen LogP contribution in [-0.4, -0.2) is 44.2 Å². The van der Waals surface area contributed by atoms with Crippen molar-refractivity contribution in [1.29, 1.82) is 0 Å². The highest BCUT2D eigenvalue weighted by Gasteiger charge is 2.20. The Balaban J connectivity index is 2.56. The average Bonchev–Trinajstić information content (AvgIpc) is 2.49. The summed E-state index contributed by atoms with van der Waals surface area (Å²) in [7, 11) is -3.45. The molecule has 0 bridgehead atoms. The van der Waals surface area contributed by atoms with Crippen molar-refractivity contribution in [3.05, 3.63) is 28.8 Å². The molecule has 148 valence electrons. The molecule has 0 atom stereocenters. The zero-order chi connectivity index (χ0) is 20.0. The highest BCUT2D eigenvalue weighted by Crippen LogP contribution is 2.28. The number of carbonyl (C=O) groups excluding carboxylic acids is 1. The van der Waals surface area contributed by atoms with Gasteiger partial charge in [-0.25, -0.2) is 8.42 Å². The largest absolute Gasteiger partial charge is 0.355 e. The summed E-state index contributed by atoms with van der Waals surface area (Å²) >= 11 is 7.90. The topological polar surface area (TPSA) is 66.5 Å². The van der Waals surface area contributed by atoms with E-state index in [1.54, 1.807) is 36.9 Å². The van der Waals surface area contributed by atoms with Gasteiger partial charge >= 0.3 is 0 Å². The van der Waals surface area contributed by atoms with Crippen LogP contribution < -0.4 is 9.62 Å². The van der Waals surface area contributed by atoms with Crippen LogP contribution in [-0.2, 0) is 14.8 Å². The molecule has 0 spiro atoms. The monoisotopic (exact) mass is 420 g/mol. The van der Waals surface area contributed by atoms with Crippen LogP contribution in [0.1, 0.15) is 39.2 Å². The van der Waals surface area contributed by atoms with E-state index in [1.807, 2.05) is 0 Å². The lowest BCUT2D eigenvalue weighted by atomic mass is 10.2. The summed E-state index contributed by atoms with van der Waals surface area (Å²) < 4.78 is 25.8. The van der Waals surface area contributed by atoms with Crippen molar-refractivity contribution in [2.45, 2.75) is 45.3 Å². The van der Waals surface area contributed by atoms with E-state index in [9.17, 15) is 13.2 Å². The van der Waals surface area contributed by atoms with Crippen LogP contribution in [0, 0.1) is 6.92 Å². The second-order valence-electron chi connectivity index (χ2n) is 7.13. The fourth-order valence-corrected chi connectivity index (χ4v) is 4.35. The van der Waals surface area contributed by atoms with E-state index in [0.717, 1.165) is 12.0 Å². The second kappa shape index (κ2) is 9.85. The zero-order valence-electron chi connectivity index (χ0n) is 16.1. The summed E-state index contributed by atoms with van der Waals surface area (Å²) in [6, 6.07) is 5.18. The van der Waals surface area contributed by atoms with Crippen LogP contribution in [0.3, 0.4) is 0 Å². The minimum atomic E-state index is -3.45. The first kappa shape index (κ1) is 23.1. The van der Waals surface area contributed by atoms with E-state index in [-0.39, 0.29) is 23.6 Å². The minimum absolute atomic E-state index is 0.0595. The average molecular weight is 421 g/mol. The fraction of sp³-hybridized carbons (Fsp3) is 0.611. The van der Waals surface area contributed by atoms with E-state index < -0.39 is 10.0 Å². The van der Waals surface area contributed by atoms with Crippen LogP contribution >= 0.6 is 23.4 Å². The number of benzene rings is 1. The third kappa shape index (κ3) is 8.18. The Morgan fingerprint density at radius 3 is 2.54 bits per heavy atom. The molecule has 8 heteroatoms. The van der Waals surface area contributed by atoms with Gasteiger partial charge < -0.3 is 5.32 Å². The lowest BCUT2D eigenvalue weighted by Gasteiger charge is -2.24. The van der Waals surface area contributed by atoms with Crippen molar-refractivity contribution < 1.29 is 13.2 Å². The van der Waals surface area contributed by atoms with Gasteiger partial charge in [0.1, 0.15) is 0 Å². The van der Waals surface area contributed by atoms with Gasteiger partial charge in [0.2, 0.25) is 15.9 Å². The molecule has 1 amide bonds. The van der Waals surface area contributed by atoms with Crippen LogP contribution in [0.15, 0.2) is 18.2 Å². The molecule has 0 fully saturated rings. The van der Waals surface area contributed by atoms with E-state index >= 15 is 0 Å². The molecular weight excluding hydrogens is 392 g/mol. The van der Waals surface area contributed by atoms with E-state index in [1.165, 1.54) is 4.31 Å². The molecule has 0 radical (unpaired) electrons. The fourth-order valence-electron chi connectivity index (χ4n) is 2.35. The molecule has 0 aliphatic carbocycles. The molecule has 0 aliphatic rings. The van der Waals surface area contributed by atoms with Crippen molar-refractivity contribution in [3.8, 4) is 0 Å². The molecule has 1 aromatic carbocycles. The number of hydrogen-bond acceptors (Lipinski definition) is 4. The van der Waals surface area contributed by atoms with E-state index in [2.05, 4.69) is 26.1 Å². The number of carbonyl (C=O) groups is 1. The minimum Gasteiger partial charge on any atom is -0.355 e. The predicted molar refractivity (Wildman–Crippen MR) is 113 cm³/mol. The lowest BCUT2D eigenvalue weighted by molar-refractivity contribution is -0.121. The molecule has 26 heavy (non-hydrogen) atoms. The number of thioether (sulfide) groups is 1. The molecule has 0 unspecified atom stereocenters. The van der Waals surface area contributed by atoms with Gasteiger partial charge in [0.05, 0.1) is 11.9 Å². The number of nitrogens with zero attached hydrogens (tertiary/aromatic N) is 1. The second-order valence-corrected chi connectivity index (χ2v) is 11.4. The van der Waals surface area contributed by atoms with Gasteiger partial charge in [-0.2, -0.15) is 11.8 Å². The van der Waals surface area contributed by atoms with Crippen LogP contribution in [0.2, 0.25) is 5.02 Å². The van der Waals surface area contributed by atoms with Crippen LogP contribution in [0.5, 0.6) is 0 Å². The molecule has 1 aromatic rings. The number of nitrogens with one attached hydrogen (secondary N) is 1. The first-order chi connectivity index (χ1) is 11.9. The molecule has 0 aliphatic heterocycles. The van der Waals surface area contributed by atoms with Crippen LogP contribution in [0.25, 0.3) is 0 Å².